The van der Waals surface area contributed by atoms with E-state index >= 15 is 0 Å². The summed E-state index contributed by atoms with van der Waals surface area (Å²) in [6.45, 7) is 6.00. The standard InChI is InChI=1S/C13H18N6O3/c1-5-18-7-6-10(15-18)8(2)14-13(20)11-12(19(21)22)9(3)17(4)16-11/h6-8H,5H2,1-4H3,(H,14,20). The van der Waals surface area contributed by atoms with E-state index in [4.69, 9.17) is 0 Å². The highest BCUT2D eigenvalue weighted by molar-refractivity contribution is 5.96. The fourth-order valence-corrected chi connectivity index (χ4v) is 2.09. The normalized spacial score (nSPS) is 12.2. The Balaban J connectivity index is 2.22. The van der Waals surface area contributed by atoms with Crippen LogP contribution in [-0.4, -0.2) is 30.4 Å². The lowest BCUT2D eigenvalue weighted by atomic mass is 10.2. The van der Waals surface area contributed by atoms with Crippen LogP contribution >= 0.6 is 0 Å². The largest absolute Gasteiger partial charge is 0.342 e. The Morgan fingerprint density at radius 2 is 2.18 bits per heavy atom. The number of nitro groups is 1. The van der Waals surface area contributed by atoms with Gasteiger partial charge in [-0.1, -0.05) is 0 Å². The van der Waals surface area contributed by atoms with E-state index in [-0.39, 0.29) is 17.4 Å². The molecule has 22 heavy (non-hydrogen) atoms. The van der Waals surface area contributed by atoms with Crippen LogP contribution in [0.15, 0.2) is 12.3 Å². The van der Waals surface area contributed by atoms with Gasteiger partial charge in [-0.3, -0.25) is 24.3 Å². The van der Waals surface area contributed by atoms with Gasteiger partial charge >= 0.3 is 5.69 Å². The van der Waals surface area contributed by atoms with Gasteiger partial charge in [0.2, 0.25) is 5.69 Å². The van der Waals surface area contributed by atoms with E-state index in [0.717, 1.165) is 6.54 Å². The number of nitrogens with one attached hydrogen (secondary N) is 1. The summed E-state index contributed by atoms with van der Waals surface area (Å²) in [6.07, 6.45) is 1.81. The number of nitrogens with zero attached hydrogens (tertiary/aromatic N) is 5. The minimum atomic E-state index is -0.590. The molecule has 0 bridgehead atoms. The van der Waals surface area contributed by atoms with E-state index in [2.05, 4.69) is 15.5 Å². The predicted molar refractivity (Wildman–Crippen MR) is 78.4 cm³/mol. The maximum absolute atomic E-state index is 12.3. The zero-order chi connectivity index (χ0) is 16.4. The summed E-state index contributed by atoms with van der Waals surface area (Å²) in [7, 11) is 1.56. The molecule has 2 aromatic rings. The summed E-state index contributed by atoms with van der Waals surface area (Å²) in [4.78, 5) is 22.8. The highest BCUT2D eigenvalue weighted by Crippen LogP contribution is 2.22. The molecule has 0 saturated heterocycles. The lowest BCUT2D eigenvalue weighted by Crippen LogP contribution is -2.28. The van der Waals surface area contributed by atoms with Crippen molar-refractivity contribution in [3.05, 3.63) is 39.5 Å². The van der Waals surface area contributed by atoms with Gasteiger partial charge in [0.25, 0.3) is 5.91 Å². The molecule has 0 aliphatic heterocycles. The lowest BCUT2D eigenvalue weighted by molar-refractivity contribution is -0.385. The summed E-state index contributed by atoms with van der Waals surface area (Å²) in [5.74, 6) is -0.589. The molecule has 2 rings (SSSR count). The average Bonchev–Trinajstić information content (AvgIpc) is 3.04. The second-order valence-electron chi connectivity index (χ2n) is 4.95. The molecule has 0 radical (unpaired) electrons. The third-order valence-electron chi connectivity index (χ3n) is 3.48. The molecule has 2 heterocycles. The summed E-state index contributed by atoms with van der Waals surface area (Å²) in [5, 5.41) is 22.0. The van der Waals surface area contributed by atoms with Crippen molar-refractivity contribution < 1.29 is 9.72 Å². The van der Waals surface area contributed by atoms with Crippen LogP contribution in [0.3, 0.4) is 0 Å². The van der Waals surface area contributed by atoms with Crippen LogP contribution in [0.1, 0.15) is 41.8 Å². The van der Waals surface area contributed by atoms with Crippen molar-refractivity contribution in [3.63, 3.8) is 0 Å². The van der Waals surface area contributed by atoms with Crippen LogP contribution < -0.4 is 5.32 Å². The molecule has 0 aromatic carbocycles. The molecule has 2 aromatic heterocycles. The van der Waals surface area contributed by atoms with E-state index in [1.807, 2.05) is 13.1 Å². The fraction of sp³-hybridized carbons (Fsp3) is 0.462. The zero-order valence-corrected chi connectivity index (χ0v) is 12.9. The van der Waals surface area contributed by atoms with Gasteiger partial charge in [-0.05, 0) is 26.8 Å². The summed E-state index contributed by atoms with van der Waals surface area (Å²) < 4.78 is 3.06. The zero-order valence-electron chi connectivity index (χ0n) is 12.9. The molecular formula is C13H18N6O3. The van der Waals surface area contributed by atoms with Crippen molar-refractivity contribution in [3.8, 4) is 0 Å². The number of amides is 1. The minimum Gasteiger partial charge on any atom is -0.342 e. The molecule has 1 amide bonds. The first-order valence-electron chi connectivity index (χ1n) is 6.87. The maximum atomic E-state index is 12.3. The van der Waals surface area contributed by atoms with Crippen LogP contribution in [0.25, 0.3) is 0 Å². The molecule has 1 atom stereocenters. The van der Waals surface area contributed by atoms with Crippen LogP contribution in [-0.2, 0) is 13.6 Å². The van der Waals surface area contributed by atoms with Gasteiger partial charge < -0.3 is 5.32 Å². The van der Waals surface area contributed by atoms with Crippen molar-refractivity contribution in [1.29, 1.82) is 0 Å². The minimum absolute atomic E-state index is 0.188. The van der Waals surface area contributed by atoms with E-state index in [1.165, 1.54) is 4.68 Å². The van der Waals surface area contributed by atoms with Gasteiger partial charge in [0.15, 0.2) is 0 Å². The van der Waals surface area contributed by atoms with Gasteiger partial charge in [0.1, 0.15) is 5.69 Å². The molecule has 118 valence electrons. The molecule has 1 N–H and O–H groups in total. The number of aryl methyl sites for hydroxylation is 2. The number of rotatable bonds is 5. The maximum Gasteiger partial charge on any atom is 0.322 e. The molecule has 1 unspecified atom stereocenters. The van der Waals surface area contributed by atoms with Gasteiger partial charge in [0, 0.05) is 19.8 Å². The summed E-state index contributed by atoms with van der Waals surface area (Å²) in [5.41, 5.74) is 0.557. The average molecular weight is 306 g/mol. The van der Waals surface area contributed by atoms with E-state index in [0.29, 0.717) is 11.4 Å². The van der Waals surface area contributed by atoms with E-state index < -0.39 is 10.8 Å². The van der Waals surface area contributed by atoms with Crippen LogP contribution in [0.2, 0.25) is 0 Å². The van der Waals surface area contributed by atoms with Gasteiger partial charge in [0.05, 0.1) is 16.7 Å². The Bertz CT molecular complexity index is 717. The second-order valence-corrected chi connectivity index (χ2v) is 4.95. The van der Waals surface area contributed by atoms with E-state index in [1.54, 1.807) is 31.6 Å². The highest BCUT2D eigenvalue weighted by atomic mass is 16.6. The topological polar surface area (TPSA) is 108 Å². The molecule has 0 aliphatic carbocycles. The monoisotopic (exact) mass is 306 g/mol. The Morgan fingerprint density at radius 1 is 1.50 bits per heavy atom. The van der Waals surface area contributed by atoms with Gasteiger partial charge in [-0.15, -0.1) is 0 Å². The fourth-order valence-electron chi connectivity index (χ4n) is 2.09. The first kappa shape index (κ1) is 15.7. The van der Waals surface area contributed by atoms with Crippen LogP contribution in [0.5, 0.6) is 0 Å². The SMILES string of the molecule is CCn1ccc(C(C)NC(=O)c2nn(C)c(C)c2[N+](=O)[O-])n1. The number of carbonyl (C=O) groups is 1. The third-order valence-corrected chi connectivity index (χ3v) is 3.48. The van der Waals surface area contributed by atoms with Gasteiger partial charge in [-0.25, -0.2) is 0 Å². The number of hydrogen-bond acceptors (Lipinski definition) is 5. The van der Waals surface area contributed by atoms with Gasteiger partial charge in [-0.2, -0.15) is 10.2 Å². The van der Waals surface area contributed by atoms with Crippen molar-refractivity contribution in [2.75, 3.05) is 0 Å². The number of aromatic nitrogens is 4. The predicted octanol–water partition coefficient (Wildman–Crippen LogP) is 1.34. The molecule has 0 fully saturated rings. The van der Waals surface area contributed by atoms with E-state index in [9.17, 15) is 14.9 Å². The third kappa shape index (κ3) is 2.83. The first-order valence-corrected chi connectivity index (χ1v) is 6.87. The lowest BCUT2D eigenvalue weighted by Gasteiger charge is -2.10. The summed E-state index contributed by atoms with van der Waals surface area (Å²) in [6, 6.07) is 1.43. The Labute approximate surface area is 127 Å². The molecule has 0 aliphatic rings. The highest BCUT2D eigenvalue weighted by Gasteiger charge is 2.29. The molecular weight excluding hydrogens is 288 g/mol. The molecule has 0 saturated carbocycles. The Morgan fingerprint density at radius 3 is 2.73 bits per heavy atom. The second kappa shape index (κ2) is 5.96. The molecule has 9 heteroatoms. The number of carbonyl (C=O) groups excluding carboxylic acids is 1. The smallest absolute Gasteiger partial charge is 0.322 e. The van der Waals surface area contributed by atoms with Crippen LogP contribution in [0, 0.1) is 17.0 Å². The molecule has 9 nitrogen and oxygen atoms in total. The Kier molecular flexibility index (Phi) is 4.25. The van der Waals surface area contributed by atoms with Crippen molar-refractivity contribution >= 4 is 11.6 Å². The number of hydrogen-bond donors (Lipinski definition) is 1. The molecule has 0 spiro atoms. The quantitative estimate of drug-likeness (QED) is 0.662. The Hall–Kier alpha value is -2.71. The first-order chi connectivity index (χ1) is 10.3. The van der Waals surface area contributed by atoms with Crippen molar-refractivity contribution in [2.24, 2.45) is 7.05 Å². The van der Waals surface area contributed by atoms with Crippen molar-refractivity contribution in [2.45, 2.75) is 33.4 Å². The van der Waals surface area contributed by atoms with Crippen LogP contribution in [0.4, 0.5) is 5.69 Å². The summed E-state index contributed by atoms with van der Waals surface area (Å²) >= 11 is 0. The van der Waals surface area contributed by atoms with Crippen molar-refractivity contribution in [1.82, 2.24) is 24.9 Å².